The number of thioether (sulfide) groups is 1. The van der Waals surface area contributed by atoms with Gasteiger partial charge >= 0.3 is 0 Å². The number of ether oxygens (including phenoxy) is 1. The van der Waals surface area contributed by atoms with Crippen LogP contribution in [0.15, 0.2) is 34.2 Å². The molecule has 2 aromatic heterocycles. The maximum Gasteiger partial charge on any atom is 0.267 e. The van der Waals surface area contributed by atoms with Crippen molar-refractivity contribution in [1.29, 1.82) is 0 Å². The summed E-state index contributed by atoms with van der Waals surface area (Å²) in [6, 6.07) is 7.73. The molecule has 0 fully saturated rings. The Kier molecular flexibility index (Phi) is 5.75. The average Bonchev–Trinajstić information content (AvgIpc) is 3.05. The van der Waals surface area contributed by atoms with Crippen LogP contribution in [0.3, 0.4) is 0 Å². The molecule has 0 spiro atoms. The van der Waals surface area contributed by atoms with E-state index in [0.717, 1.165) is 58.5 Å². The largest absolute Gasteiger partial charge is 0.494 e. The van der Waals surface area contributed by atoms with Gasteiger partial charge in [0, 0.05) is 23.7 Å². The summed E-state index contributed by atoms with van der Waals surface area (Å²) < 4.78 is 7.33. The van der Waals surface area contributed by atoms with Crippen LogP contribution in [-0.2, 0) is 13.0 Å². The maximum atomic E-state index is 13.6. The SMILES string of the molecule is CCCSc1nc2sc3c(c2c(=O)n1-c1ccc(OCC)cc1)CCN(C)C3. The summed E-state index contributed by atoms with van der Waals surface area (Å²) in [5.74, 6) is 1.75. The van der Waals surface area contributed by atoms with Gasteiger partial charge in [0.05, 0.1) is 17.7 Å². The van der Waals surface area contributed by atoms with E-state index in [9.17, 15) is 4.79 Å². The van der Waals surface area contributed by atoms with Gasteiger partial charge in [0.25, 0.3) is 5.56 Å². The van der Waals surface area contributed by atoms with E-state index in [1.165, 1.54) is 10.4 Å². The molecule has 28 heavy (non-hydrogen) atoms. The lowest BCUT2D eigenvalue weighted by Gasteiger charge is -2.21. The number of aromatic nitrogens is 2. The molecule has 7 heteroatoms. The van der Waals surface area contributed by atoms with Crippen molar-refractivity contribution in [1.82, 2.24) is 14.5 Å². The second-order valence-corrected chi connectivity index (χ2v) is 9.13. The average molecular weight is 416 g/mol. The molecule has 1 aliphatic rings. The second-order valence-electron chi connectivity index (χ2n) is 6.98. The number of likely N-dealkylation sites (N-methyl/N-ethyl adjacent to an activating group) is 1. The molecule has 0 N–H and O–H groups in total. The van der Waals surface area contributed by atoms with Crippen molar-refractivity contribution in [2.45, 2.75) is 38.4 Å². The molecule has 1 aromatic carbocycles. The van der Waals surface area contributed by atoms with Gasteiger partial charge in [-0.2, -0.15) is 0 Å². The van der Waals surface area contributed by atoms with Crippen molar-refractivity contribution in [3.8, 4) is 11.4 Å². The first-order valence-corrected chi connectivity index (χ1v) is 11.5. The molecule has 3 heterocycles. The minimum atomic E-state index is 0.0508. The normalized spacial score (nSPS) is 14.4. The third kappa shape index (κ3) is 3.58. The zero-order chi connectivity index (χ0) is 19.7. The van der Waals surface area contributed by atoms with Gasteiger partial charge in [-0.3, -0.25) is 9.36 Å². The fourth-order valence-corrected chi connectivity index (χ4v) is 5.74. The summed E-state index contributed by atoms with van der Waals surface area (Å²) in [5, 5.41) is 1.58. The maximum absolute atomic E-state index is 13.6. The molecule has 0 atom stereocenters. The summed E-state index contributed by atoms with van der Waals surface area (Å²) >= 11 is 3.33. The second kappa shape index (κ2) is 8.27. The first-order chi connectivity index (χ1) is 13.6. The lowest BCUT2D eigenvalue weighted by Crippen LogP contribution is -2.27. The minimum absolute atomic E-state index is 0.0508. The zero-order valence-corrected chi connectivity index (χ0v) is 18.2. The van der Waals surface area contributed by atoms with Crippen molar-refractivity contribution in [3.63, 3.8) is 0 Å². The fourth-order valence-electron chi connectivity index (χ4n) is 3.53. The summed E-state index contributed by atoms with van der Waals surface area (Å²) in [6.45, 7) is 6.61. The van der Waals surface area contributed by atoms with Gasteiger partial charge in [0.15, 0.2) is 5.16 Å². The number of nitrogens with zero attached hydrogens (tertiary/aromatic N) is 3. The van der Waals surface area contributed by atoms with Crippen molar-refractivity contribution in [2.75, 3.05) is 26.0 Å². The third-order valence-corrected chi connectivity index (χ3v) is 7.13. The molecule has 0 radical (unpaired) electrons. The van der Waals surface area contributed by atoms with Crippen LogP contribution in [0.1, 0.15) is 30.7 Å². The monoisotopic (exact) mass is 415 g/mol. The number of hydrogen-bond acceptors (Lipinski definition) is 6. The first-order valence-electron chi connectivity index (χ1n) is 9.74. The van der Waals surface area contributed by atoms with Gasteiger partial charge in [-0.05, 0) is 56.6 Å². The van der Waals surface area contributed by atoms with Gasteiger partial charge in [0.1, 0.15) is 10.6 Å². The predicted octanol–water partition coefficient (Wildman–Crippen LogP) is 4.34. The van der Waals surface area contributed by atoms with E-state index in [0.29, 0.717) is 6.61 Å². The highest BCUT2D eigenvalue weighted by molar-refractivity contribution is 7.99. The Morgan fingerprint density at radius 1 is 1.25 bits per heavy atom. The summed E-state index contributed by atoms with van der Waals surface area (Å²) in [6.07, 6.45) is 1.95. The first kappa shape index (κ1) is 19.5. The Morgan fingerprint density at radius 3 is 2.75 bits per heavy atom. The summed E-state index contributed by atoms with van der Waals surface area (Å²) in [4.78, 5) is 23.0. The lowest BCUT2D eigenvalue weighted by molar-refractivity contribution is 0.318. The standard InChI is InChI=1S/C21H25N3O2S2/c1-4-12-27-21-22-19-18(16-10-11-23(3)13-17(16)28-19)20(25)24(21)14-6-8-15(9-7-14)26-5-2/h6-9H,4-5,10-13H2,1-3H3. The van der Waals surface area contributed by atoms with E-state index in [2.05, 4.69) is 18.9 Å². The molecule has 0 saturated heterocycles. The molecule has 3 aromatic rings. The van der Waals surface area contributed by atoms with Crippen LogP contribution in [0.25, 0.3) is 15.9 Å². The molecule has 1 aliphatic heterocycles. The van der Waals surface area contributed by atoms with Crippen molar-refractivity contribution >= 4 is 33.3 Å². The quantitative estimate of drug-likeness (QED) is 0.443. The molecule has 148 valence electrons. The smallest absolute Gasteiger partial charge is 0.267 e. The third-order valence-electron chi connectivity index (χ3n) is 4.88. The number of thiophene rings is 1. The Hall–Kier alpha value is -1.83. The van der Waals surface area contributed by atoms with E-state index in [4.69, 9.17) is 9.72 Å². The van der Waals surface area contributed by atoms with Gasteiger partial charge < -0.3 is 9.64 Å². The number of benzene rings is 1. The highest BCUT2D eigenvalue weighted by Gasteiger charge is 2.24. The van der Waals surface area contributed by atoms with E-state index in [-0.39, 0.29) is 5.56 Å². The van der Waals surface area contributed by atoms with E-state index in [1.807, 2.05) is 31.2 Å². The molecule has 0 saturated carbocycles. The molecule has 0 bridgehead atoms. The number of rotatable bonds is 6. The van der Waals surface area contributed by atoms with Crippen LogP contribution >= 0.6 is 23.1 Å². The highest BCUT2D eigenvalue weighted by atomic mass is 32.2. The Balaban J connectivity index is 1.89. The number of hydrogen-bond donors (Lipinski definition) is 0. The van der Waals surface area contributed by atoms with Crippen LogP contribution in [0.5, 0.6) is 5.75 Å². The van der Waals surface area contributed by atoms with Crippen LogP contribution in [0.2, 0.25) is 0 Å². The minimum Gasteiger partial charge on any atom is -0.494 e. The molecule has 5 nitrogen and oxygen atoms in total. The van der Waals surface area contributed by atoms with E-state index >= 15 is 0 Å². The van der Waals surface area contributed by atoms with Gasteiger partial charge in [-0.1, -0.05) is 18.7 Å². The Bertz CT molecular complexity index is 1040. The van der Waals surface area contributed by atoms with E-state index < -0.39 is 0 Å². The van der Waals surface area contributed by atoms with Crippen molar-refractivity contribution in [3.05, 3.63) is 45.1 Å². The summed E-state index contributed by atoms with van der Waals surface area (Å²) in [5.41, 5.74) is 2.09. The molecule has 4 rings (SSSR count). The molecule has 0 aliphatic carbocycles. The lowest BCUT2D eigenvalue weighted by atomic mass is 10.1. The van der Waals surface area contributed by atoms with E-state index in [1.54, 1.807) is 27.7 Å². The van der Waals surface area contributed by atoms with Crippen molar-refractivity contribution < 1.29 is 4.74 Å². The Morgan fingerprint density at radius 2 is 2.04 bits per heavy atom. The van der Waals surface area contributed by atoms with Gasteiger partial charge in [-0.25, -0.2) is 4.98 Å². The van der Waals surface area contributed by atoms with Crippen LogP contribution < -0.4 is 10.3 Å². The molecular formula is C21H25N3O2S2. The zero-order valence-electron chi connectivity index (χ0n) is 16.5. The summed E-state index contributed by atoms with van der Waals surface area (Å²) in [7, 11) is 2.13. The van der Waals surface area contributed by atoms with Crippen molar-refractivity contribution in [2.24, 2.45) is 0 Å². The predicted molar refractivity (Wildman–Crippen MR) is 117 cm³/mol. The highest BCUT2D eigenvalue weighted by Crippen LogP contribution is 2.34. The Labute approximate surface area is 173 Å². The van der Waals surface area contributed by atoms with Crippen LogP contribution in [0, 0.1) is 0 Å². The number of fused-ring (bicyclic) bond motifs is 3. The topological polar surface area (TPSA) is 47.4 Å². The molecule has 0 amide bonds. The van der Waals surface area contributed by atoms with Crippen LogP contribution in [-0.4, -0.2) is 40.4 Å². The molecule has 0 unspecified atom stereocenters. The molecular weight excluding hydrogens is 390 g/mol. The van der Waals surface area contributed by atoms with Gasteiger partial charge in [0.2, 0.25) is 0 Å². The van der Waals surface area contributed by atoms with Crippen LogP contribution in [0.4, 0.5) is 0 Å². The fraction of sp³-hybridized carbons (Fsp3) is 0.429. The van der Waals surface area contributed by atoms with Gasteiger partial charge in [-0.15, -0.1) is 11.3 Å².